The molecule has 0 bridgehead atoms. The summed E-state index contributed by atoms with van der Waals surface area (Å²) in [5, 5.41) is 13.6. The van der Waals surface area contributed by atoms with Gasteiger partial charge >= 0.3 is 5.97 Å². The number of rotatable bonds is 4. The van der Waals surface area contributed by atoms with Gasteiger partial charge in [-0.25, -0.2) is 4.79 Å². The smallest absolute Gasteiger partial charge is 0.330 e. The Morgan fingerprint density at radius 3 is 2.42 bits per heavy atom. The second kappa shape index (κ2) is 5.67. The van der Waals surface area contributed by atoms with E-state index < -0.39 is 12.0 Å². The van der Waals surface area contributed by atoms with Gasteiger partial charge in [-0.15, -0.1) is 11.3 Å². The highest BCUT2D eigenvalue weighted by atomic mass is 32.1. The van der Waals surface area contributed by atoms with Crippen LogP contribution in [0.1, 0.15) is 26.8 Å². The molecule has 1 unspecified atom stereocenters. The number of hydrogen-bond donors (Lipinski definition) is 2. The summed E-state index contributed by atoms with van der Waals surface area (Å²) in [5.74, 6) is -1.43. The third kappa shape index (κ3) is 3.00. The lowest BCUT2D eigenvalue weighted by atomic mass is 10.1. The van der Waals surface area contributed by atoms with Gasteiger partial charge in [-0.3, -0.25) is 4.79 Å². The summed E-state index contributed by atoms with van der Waals surface area (Å²) < 4.78 is 0. The van der Waals surface area contributed by atoms with Crippen LogP contribution in [0.2, 0.25) is 0 Å². The second-order valence-corrected chi connectivity index (χ2v) is 5.00. The predicted molar refractivity (Wildman–Crippen MR) is 73.3 cm³/mol. The normalized spacial score (nSPS) is 11.8. The zero-order valence-corrected chi connectivity index (χ0v) is 11.1. The topological polar surface area (TPSA) is 66.4 Å². The minimum absolute atomic E-state index is 0.358. The average molecular weight is 275 g/mol. The van der Waals surface area contributed by atoms with Gasteiger partial charge in [-0.2, -0.15) is 0 Å². The molecular weight excluding hydrogens is 262 g/mol. The molecule has 1 aromatic heterocycles. The van der Waals surface area contributed by atoms with Crippen molar-refractivity contribution in [3.63, 3.8) is 0 Å². The number of amides is 1. The molecule has 1 amide bonds. The van der Waals surface area contributed by atoms with E-state index in [1.54, 1.807) is 30.3 Å². The van der Waals surface area contributed by atoms with Crippen LogP contribution in [-0.4, -0.2) is 17.0 Å². The van der Waals surface area contributed by atoms with E-state index in [9.17, 15) is 14.7 Å². The van der Waals surface area contributed by atoms with Crippen LogP contribution in [0, 0.1) is 6.92 Å². The summed E-state index contributed by atoms with van der Waals surface area (Å²) in [6, 6.07) is 9.45. The fourth-order valence-electron chi connectivity index (χ4n) is 1.74. The van der Waals surface area contributed by atoms with Crippen molar-refractivity contribution < 1.29 is 14.7 Å². The molecule has 5 heteroatoms. The van der Waals surface area contributed by atoms with Crippen molar-refractivity contribution in [2.24, 2.45) is 0 Å². The first-order valence-corrected chi connectivity index (χ1v) is 6.60. The first-order chi connectivity index (χ1) is 9.09. The number of carbonyl (C=O) groups excluding carboxylic acids is 1. The predicted octanol–water partition coefficient (Wildman–Crippen LogP) is 2.61. The number of carboxylic acid groups (broad SMARTS) is 1. The van der Waals surface area contributed by atoms with Crippen molar-refractivity contribution in [3.8, 4) is 0 Å². The number of benzene rings is 1. The van der Waals surface area contributed by atoms with Crippen LogP contribution in [0.5, 0.6) is 0 Å². The summed E-state index contributed by atoms with van der Waals surface area (Å²) in [5.41, 5.74) is 1.40. The zero-order valence-electron chi connectivity index (χ0n) is 10.3. The largest absolute Gasteiger partial charge is 0.479 e. The van der Waals surface area contributed by atoms with Crippen LogP contribution < -0.4 is 5.32 Å². The first kappa shape index (κ1) is 13.3. The van der Waals surface area contributed by atoms with E-state index in [0.717, 1.165) is 5.56 Å². The van der Waals surface area contributed by atoms with Crippen molar-refractivity contribution in [3.05, 3.63) is 57.8 Å². The minimum Gasteiger partial charge on any atom is -0.479 e. The van der Waals surface area contributed by atoms with E-state index in [1.807, 2.05) is 18.4 Å². The van der Waals surface area contributed by atoms with Gasteiger partial charge in [0, 0.05) is 0 Å². The zero-order chi connectivity index (χ0) is 13.8. The van der Waals surface area contributed by atoms with Crippen LogP contribution in [0.4, 0.5) is 0 Å². The van der Waals surface area contributed by atoms with Gasteiger partial charge in [0.1, 0.15) is 0 Å². The van der Waals surface area contributed by atoms with Crippen molar-refractivity contribution in [2.45, 2.75) is 13.0 Å². The molecule has 0 fully saturated rings. The first-order valence-electron chi connectivity index (χ1n) is 5.72. The highest BCUT2D eigenvalue weighted by Crippen LogP contribution is 2.18. The summed E-state index contributed by atoms with van der Waals surface area (Å²) >= 11 is 1.30. The van der Waals surface area contributed by atoms with Gasteiger partial charge < -0.3 is 10.4 Å². The molecule has 0 aliphatic heterocycles. The van der Waals surface area contributed by atoms with Gasteiger partial charge in [0.2, 0.25) is 0 Å². The van der Waals surface area contributed by atoms with Gasteiger partial charge in [0.05, 0.1) is 4.88 Å². The molecule has 19 heavy (non-hydrogen) atoms. The molecule has 0 saturated carbocycles. The third-order valence-electron chi connectivity index (χ3n) is 2.72. The lowest BCUT2D eigenvalue weighted by Gasteiger charge is -2.14. The quantitative estimate of drug-likeness (QED) is 0.901. The van der Waals surface area contributed by atoms with E-state index in [-0.39, 0.29) is 5.91 Å². The lowest BCUT2D eigenvalue weighted by molar-refractivity contribution is -0.139. The standard InChI is InChI=1S/C14H13NO3S/c1-9-7-8-19-12(9)13(16)15-11(14(17)18)10-5-3-2-4-6-10/h2-8,11H,1H3,(H,15,16)(H,17,18). The van der Waals surface area contributed by atoms with Crippen molar-refractivity contribution >= 4 is 23.2 Å². The number of carbonyl (C=O) groups is 2. The highest BCUT2D eigenvalue weighted by Gasteiger charge is 2.23. The van der Waals surface area contributed by atoms with E-state index >= 15 is 0 Å². The average Bonchev–Trinajstić information content (AvgIpc) is 2.82. The maximum Gasteiger partial charge on any atom is 0.330 e. The Balaban J connectivity index is 2.21. The number of aliphatic carboxylic acids is 1. The maximum absolute atomic E-state index is 12.1. The Morgan fingerprint density at radius 1 is 1.21 bits per heavy atom. The van der Waals surface area contributed by atoms with Gasteiger partial charge in [0.15, 0.2) is 6.04 Å². The number of carboxylic acids is 1. The Labute approximate surface area is 114 Å². The molecule has 2 aromatic rings. The monoisotopic (exact) mass is 275 g/mol. The molecule has 0 radical (unpaired) electrons. The maximum atomic E-state index is 12.1. The summed E-state index contributed by atoms with van der Waals surface area (Å²) in [7, 11) is 0. The van der Waals surface area contributed by atoms with Crippen LogP contribution in [0.3, 0.4) is 0 Å². The highest BCUT2D eigenvalue weighted by molar-refractivity contribution is 7.12. The van der Waals surface area contributed by atoms with Gasteiger partial charge in [-0.1, -0.05) is 30.3 Å². The molecule has 2 N–H and O–H groups in total. The van der Waals surface area contributed by atoms with Crippen molar-refractivity contribution in [1.82, 2.24) is 5.32 Å². The van der Waals surface area contributed by atoms with Gasteiger partial charge in [0.25, 0.3) is 5.91 Å². The Hall–Kier alpha value is -2.14. The fourth-order valence-corrected chi connectivity index (χ4v) is 2.56. The molecule has 1 heterocycles. The SMILES string of the molecule is Cc1ccsc1C(=O)NC(C(=O)O)c1ccccc1. The number of aryl methyl sites for hydroxylation is 1. The van der Waals surface area contributed by atoms with E-state index in [2.05, 4.69) is 5.32 Å². The van der Waals surface area contributed by atoms with Gasteiger partial charge in [-0.05, 0) is 29.5 Å². The van der Waals surface area contributed by atoms with E-state index in [0.29, 0.717) is 10.4 Å². The van der Waals surface area contributed by atoms with Crippen LogP contribution in [-0.2, 0) is 4.79 Å². The summed E-state index contributed by atoms with van der Waals surface area (Å²) in [6.45, 7) is 1.82. The molecule has 2 rings (SSSR count). The molecule has 0 saturated heterocycles. The Kier molecular flexibility index (Phi) is 3.97. The second-order valence-electron chi connectivity index (χ2n) is 4.09. The van der Waals surface area contributed by atoms with Crippen LogP contribution in [0.15, 0.2) is 41.8 Å². The molecule has 1 atom stereocenters. The van der Waals surface area contributed by atoms with E-state index in [4.69, 9.17) is 0 Å². The molecule has 98 valence electrons. The Bertz CT molecular complexity index is 592. The molecule has 4 nitrogen and oxygen atoms in total. The number of nitrogens with one attached hydrogen (secondary N) is 1. The lowest BCUT2D eigenvalue weighted by Crippen LogP contribution is -2.33. The molecular formula is C14H13NO3S. The third-order valence-corrected chi connectivity index (χ3v) is 3.74. The van der Waals surface area contributed by atoms with Crippen LogP contribution in [0.25, 0.3) is 0 Å². The molecule has 0 aliphatic carbocycles. The van der Waals surface area contributed by atoms with Crippen molar-refractivity contribution in [1.29, 1.82) is 0 Å². The number of thiophene rings is 1. The number of hydrogen-bond acceptors (Lipinski definition) is 3. The van der Waals surface area contributed by atoms with Crippen LogP contribution >= 0.6 is 11.3 Å². The summed E-state index contributed by atoms with van der Waals surface area (Å²) in [4.78, 5) is 23.9. The minimum atomic E-state index is -1.08. The molecule has 0 spiro atoms. The van der Waals surface area contributed by atoms with Crippen molar-refractivity contribution in [2.75, 3.05) is 0 Å². The Morgan fingerprint density at radius 2 is 1.89 bits per heavy atom. The molecule has 1 aromatic carbocycles. The fraction of sp³-hybridized carbons (Fsp3) is 0.143. The van der Waals surface area contributed by atoms with E-state index in [1.165, 1.54) is 11.3 Å². The summed E-state index contributed by atoms with van der Waals surface area (Å²) in [6.07, 6.45) is 0. The molecule has 0 aliphatic rings.